The van der Waals surface area contributed by atoms with E-state index in [-0.39, 0.29) is 17.7 Å². The lowest BCUT2D eigenvalue weighted by atomic mass is 9.99. The van der Waals surface area contributed by atoms with Crippen LogP contribution in [0.5, 0.6) is 0 Å². The Labute approximate surface area is 220 Å². The van der Waals surface area contributed by atoms with Crippen LogP contribution in [-0.2, 0) is 42.9 Å². The van der Waals surface area contributed by atoms with Crippen molar-refractivity contribution in [1.82, 2.24) is 15.2 Å². The Morgan fingerprint density at radius 3 is 2.21 bits per heavy atom. The molecular weight excluding hydrogens is 522 g/mol. The van der Waals surface area contributed by atoms with Crippen LogP contribution in [0.1, 0.15) is 27.7 Å². The van der Waals surface area contributed by atoms with Crippen molar-refractivity contribution < 1.29 is 47.3 Å². The SMILES string of the molecule is CC(=O)OC[C@H]1O[C@@H](Sc2nnc(-c3cc4ccccc4[nH]3)o2)[C@H](OC(C)=O)[C@@H](OC(C)=O)[C@@H]1OC(C)=O. The minimum Gasteiger partial charge on any atom is -0.463 e. The Balaban J connectivity index is 1.64. The quantitative estimate of drug-likeness (QED) is 0.322. The number of hydrogen-bond donors (Lipinski definition) is 1. The molecule has 1 aromatic carbocycles. The number of nitrogens with zero attached hydrogens (tertiary/aromatic N) is 2. The van der Waals surface area contributed by atoms with E-state index in [1.54, 1.807) is 0 Å². The van der Waals surface area contributed by atoms with Crippen molar-refractivity contribution >= 4 is 46.5 Å². The fraction of sp³-hybridized carbons (Fsp3) is 0.417. The minimum atomic E-state index is -1.29. The van der Waals surface area contributed by atoms with Gasteiger partial charge in [0.15, 0.2) is 23.7 Å². The normalized spacial score (nSPS) is 23.0. The van der Waals surface area contributed by atoms with Crippen LogP contribution in [0.4, 0.5) is 0 Å². The molecule has 4 rings (SSSR count). The molecular formula is C24H25N3O10S. The van der Waals surface area contributed by atoms with Gasteiger partial charge >= 0.3 is 23.9 Å². The molecule has 2 aromatic heterocycles. The number of para-hydroxylation sites is 1. The zero-order chi connectivity index (χ0) is 27.4. The molecule has 1 aliphatic rings. The molecule has 38 heavy (non-hydrogen) atoms. The predicted molar refractivity (Wildman–Crippen MR) is 129 cm³/mol. The first-order valence-electron chi connectivity index (χ1n) is 11.5. The Bertz CT molecular complexity index is 1300. The first-order valence-corrected chi connectivity index (χ1v) is 12.4. The molecule has 1 aliphatic heterocycles. The first kappa shape index (κ1) is 27.1. The zero-order valence-corrected chi connectivity index (χ0v) is 21.7. The van der Waals surface area contributed by atoms with Crippen molar-refractivity contribution in [2.45, 2.75) is 62.8 Å². The summed E-state index contributed by atoms with van der Waals surface area (Å²) in [5, 5.41) is 9.14. The number of aromatic amines is 1. The molecule has 202 valence electrons. The largest absolute Gasteiger partial charge is 0.463 e. The zero-order valence-electron chi connectivity index (χ0n) is 20.9. The van der Waals surface area contributed by atoms with E-state index < -0.39 is 53.7 Å². The standard InChI is InChI=1S/C24H25N3O10S/c1-11(28)32-10-18-19(33-12(2)29)20(34-13(3)30)21(35-14(4)31)23(36-18)38-24-27-26-22(37-24)17-9-15-7-5-6-8-16(15)25-17/h5-9,18-21,23,25H,10H2,1-4H3/t18-,19-,20+,21-,23+/m1/s1. The topological polar surface area (TPSA) is 169 Å². The van der Waals surface area contributed by atoms with Gasteiger partial charge < -0.3 is 33.1 Å². The highest BCUT2D eigenvalue weighted by Gasteiger charge is 2.53. The minimum absolute atomic E-state index is 0.0551. The molecule has 0 amide bonds. The van der Waals surface area contributed by atoms with E-state index in [9.17, 15) is 19.2 Å². The Kier molecular flexibility index (Phi) is 8.32. The van der Waals surface area contributed by atoms with Gasteiger partial charge in [-0.3, -0.25) is 19.2 Å². The van der Waals surface area contributed by atoms with E-state index in [1.807, 2.05) is 30.3 Å². The van der Waals surface area contributed by atoms with Gasteiger partial charge in [-0.25, -0.2) is 0 Å². The van der Waals surface area contributed by atoms with Crippen molar-refractivity contribution in [2.24, 2.45) is 0 Å². The lowest BCUT2D eigenvalue weighted by Crippen LogP contribution is -2.61. The van der Waals surface area contributed by atoms with E-state index in [1.165, 1.54) is 13.8 Å². The van der Waals surface area contributed by atoms with E-state index in [4.69, 9.17) is 28.1 Å². The van der Waals surface area contributed by atoms with E-state index in [0.717, 1.165) is 36.5 Å². The number of aromatic nitrogens is 3. The number of hydrogen-bond acceptors (Lipinski definition) is 13. The summed E-state index contributed by atoms with van der Waals surface area (Å²) in [7, 11) is 0. The first-order chi connectivity index (χ1) is 18.1. The number of benzene rings is 1. The molecule has 0 spiro atoms. The number of H-pyrrole nitrogens is 1. The molecule has 0 unspecified atom stereocenters. The van der Waals surface area contributed by atoms with Crippen LogP contribution in [-0.4, -0.2) is 75.5 Å². The fourth-order valence-corrected chi connectivity index (χ4v) is 4.89. The van der Waals surface area contributed by atoms with Crippen LogP contribution >= 0.6 is 11.8 Å². The van der Waals surface area contributed by atoms with Gasteiger partial charge in [0.1, 0.15) is 18.4 Å². The monoisotopic (exact) mass is 547 g/mol. The smallest absolute Gasteiger partial charge is 0.303 e. The van der Waals surface area contributed by atoms with Crippen LogP contribution < -0.4 is 0 Å². The van der Waals surface area contributed by atoms with Gasteiger partial charge in [-0.1, -0.05) is 18.2 Å². The van der Waals surface area contributed by atoms with Crippen molar-refractivity contribution in [3.63, 3.8) is 0 Å². The number of carbonyl (C=O) groups excluding carboxylic acids is 4. The summed E-state index contributed by atoms with van der Waals surface area (Å²) in [4.78, 5) is 50.5. The van der Waals surface area contributed by atoms with Gasteiger partial charge in [-0.2, -0.15) is 0 Å². The Morgan fingerprint density at radius 2 is 1.55 bits per heavy atom. The van der Waals surface area contributed by atoms with Gasteiger partial charge in [-0.05, 0) is 23.9 Å². The van der Waals surface area contributed by atoms with Crippen molar-refractivity contribution in [3.05, 3.63) is 30.3 Å². The lowest BCUT2D eigenvalue weighted by Gasteiger charge is -2.43. The van der Waals surface area contributed by atoms with E-state index in [0.29, 0.717) is 5.69 Å². The maximum absolute atomic E-state index is 12.0. The highest BCUT2D eigenvalue weighted by molar-refractivity contribution is 7.99. The average molecular weight is 548 g/mol. The van der Waals surface area contributed by atoms with E-state index >= 15 is 0 Å². The molecule has 1 N–H and O–H groups in total. The number of carbonyl (C=O) groups is 4. The molecule has 0 bridgehead atoms. The number of nitrogens with one attached hydrogen (secondary N) is 1. The van der Waals surface area contributed by atoms with Gasteiger partial charge in [0.25, 0.3) is 11.1 Å². The third kappa shape index (κ3) is 6.50. The lowest BCUT2D eigenvalue weighted by molar-refractivity contribution is -0.237. The molecule has 5 atom stereocenters. The van der Waals surface area contributed by atoms with Crippen LogP contribution in [0.15, 0.2) is 40.0 Å². The molecule has 0 radical (unpaired) electrons. The van der Waals surface area contributed by atoms with Gasteiger partial charge in [0, 0.05) is 38.6 Å². The van der Waals surface area contributed by atoms with Crippen LogP contribution in [0.25, 0.3) is 22.5 Å². The Morgan fingerprint density at radius 1 is 0.895 bits per heavy atom. The Hall–Kier alpha value is -3.91. The molecule has 0 aliphatic carbocycles. The van der Waals surface area contributed by atoms with Gasteiger partial charge in [0.05, 0.1) is 0 Å². The highest BCUT2D eigenvalue weighted by Crippen LogP contribution is 2.38. The summed E-state index contributed by atoms with van der Waals surface area (Å²) in [5.74, 6) is -2.54. The number of thioether (sulfide) groups is 1. The van der Waals surface area contributed by atoms with Gasteiger partial charge in [0.2, 0.25) is 0 Å². The molecule has 3 aromatic rings. The van der Waals surface area contributed by atoms with Gasteiger partial charge in [-0.15, -0.1) is 10.2 Å². The van der Waals surface area contributed by atoms with Crippen LogP contribution in [0, 0.1) is 0 Å². The number of rotatable bonds is 8. The predicted octanol–water partition coefficient (Wildman–Crippen LogP) is 2.39. The van der Waals surface area contributed by atoms with Crippen molar-refractivity contribution in [3.8, 4) is 11.6 Å². The molecule has 0 saturated carbocycles. The summed E-state index contributed by atoms with van der Waals surface area (Å²) in [6.07, 6.45) is -4.86. The molecule has 1 saturated heterocycles. The van der Waals surface area contributed by atoms with Crippen LogP contribution in [0.3, 0.4) is 0 Å². The summed E-state index contributed by atoms with van der Waals surface area (Å²) in [6.45, 7) is 4.33. The van der Waals surface area contributed by atoms with Crippen molar-refractivity contribution in [1.29, 1.82) is 0 Å². The maximum atomic E-state index is 12.0. The van der Waals surface area contributed by atoms with E-state index in [2.05, 4.69) is 15.2 Å². The maximum Gasteiger partial charge on any atom is 0.303 e. The number of fused-ring (bicyclic) bond motifs is 1. The summed E-state index contributed by atoms with van der Waals surface area (Å²) < 4.78 is 33.2. The number of esters is 4. The number of ether oxygens (including phenoxy) is 5. The third-order valence-corrected chi connectivity index (χ3v) is 6.31. The fourth-order valence-electron chi connectivity index (χ4n) is 3.94. The molecule has 13 nitrogen and oxygen atoms in total. The van der Waals surface area contributed by atoms with Crippen LogP contribution in [0.2, 0.25) is 0 Å². The molecule has 14 heteroatoms. The molecule has 1 fully saturated rings. The third-order valence-electron chi connectivity index (χ3n) is 5.33. The average Bonchev–Trinajstić information content (AvgIpc) is 3.47. The second-order valence-electron chi connectivity index (χ2n) is 8.33. The van der Waals surface area contributed by atoms with Crippen molar-refractivity contribution in [2.75, 3.05) is 6.61 Å². The summed E-state index contributed by atoms with van der Waals surface area (Å²) in [5.41, 5.74) is 0.396. The summed E-state index contributed by atoms with van der Waals surface area (Å²) >= 11 is 0.901. The second-order valence-corrected chi connectivity index (χ2v) is 9.38. The summed E-state index contributed by atoms with van der Waals surface area (Å²) in [6, 6.07) is 9.48. The molecule has 3 heterocycles. The highest BCUT2D eigenvalue weighted by atomic mass is 32.2. The second kappa shape index (κ2) is 11.6.